The fourth-order valence-corrected chi connectivity index (χ4v) is 1.93. The topological polar surface area (TPSA) is 55.2 Å². The van der Waals surface area contributed by atoms with Gasteiger partial charge in [0, 0.05) is 11.4 Å². The third kappa shape index (κ3) is 2.00. The zero-order valence-corrected chi connectivity index (χ0v) is 9.41. The molecular weight excluding hydrogens is 234 g/mol. The Hall–Kier alpha value is -1.40. The number of carbonyl (C=O) groups is 1. The highest BCUT2D eigenvalue weighted by Crippen LogP contribution is 2.22. The van der Waals surface area contributed by atoms with E-state index in [4.69, 9.17) is 16.6 Å². The molecule has 0 spiro atoms. The Morgan fingerprint density at radius 1 is 1.67 bits per heavy atom. The van der Waals surface area contributed by atoms with Crippen LogP contribution in [0.4, 0.5) is 0 Å². The van der Waals surface area contributed by atoms with Crippen LogP contribution in [0.15, 0.2) is 22.1 Å². The molecule has 0 saturated heterocycles. The van der Waals surface area contributed by atoms with Crippen molar-refractivity contribution in [2.45, 2.75) is 0 Å². The molecule has 0 atom stereocenters. The lowest BCUT2D eigenvalue weighted by molar-refractivity contribution is 0.0600. The monoisotopic (exact) mass is 241 g/mol. The summed E-state index contributed by atoms with van der Waals surface area (Å²) in [6.07, 6.45) is 1.36. The maximum atomic E-state index is 11.2. The summed E-state index contributed by atoms with van der Waals surface area (Å²) in [7, 11) is 1.33. The number of methoxy groups -OCH3 is 1. The molecule has 0 aliphatic carbocycles. The lowest BCUT2D eigenvalue weighted by Gasteiger charge is -1.90. The number of aromatic nitrogens is 1. The molecule has 0 radical (unpaired) electrons. The molecule has 2 rings (SSSR count). The van der Waals surface area contributed by atoms with Gasteiger partial charge >= 0.3 is 5.97 Å². The highest BCUT2D eigenvalue weighted by Gasteiger charge is 2.11. The zero-order chi connectivity index (χ0) is 10.8. The number of thiazole rings is 1. The van der Waals surface area contributed by atoms with Crippen LogP contribution in [0.1, 0.15) is 10.4 Å². The van der Waals surface area contributed by atoms with Gasteiger partial charge in [0.1, 0.15) is 6.26 Å². The van der Waals surface area contributed by atoms with Crippen LogP contribution >= 0.6 is 23.6 Å². The number of ether oxygens (including phenoxy) is 1. The van der Waals surface area contributed by atoms with Crippen LogP contribution in [-0.2, 0) is 4.74 Å². The van der Waals surface area contributed by atoms with Crippen molar-refractivity contribution >= 4 is 29.5 Å². The summed E-state index contributed by atoms with van der Waals surface area (Å²) in [5.41, 5.74) is 1.15. The molecule has 1 N–H and O–H groups in total. The first kappa shape index (κ1) is 10.1. The van der Waals surface area contributed by atoms with Crippen molar-refractivity contribution in [2.75, 3.05) is 7.11 Å². The Morgan fingerprint density at radius 2 is 2.47 bits per heavy atom. The number of aromatic amines is 1. The zero-order valence-electron chi connectivity index (χ0n) is 7.77. The molecule has 2 heterocycles. The number of hydrogen-bond donors (Lipinski definition) is 1. The molecule has 2 aromatic heterocycles. The van der Waals surface area contributed by atoms with Gasteiger partial charge in [-0.3, -0.25) is 0 Å². The maximum absolute atomic E-state index is 11.2. The van der Waals surface area contributed by atoms with E-state index in [1.807, 2.05) is 5.38 Å². The van der Waals surface area contributed by atoms with Crippen LogP contribution < -0.4 is 0 Å². The van der Waals surface area contributed by atoms with Gasteiger partial charge < -0.3 is 14.1 Å². The third-order valence-electron chi connectivity index (χ3n) is 1.81. The van der Waals surface area contributed by atoms with Crippen LogP contribution in [-0.4, -0.2) is 18.1 Å². The predicted molar refractivity (Wildman–Crippen MR) is 58.5 cm³/mol. The summed E-state index contributed by atoms with van der Waals surface area (Å²) < 4.78 is 10.4. The molecule has 4 nitrogen and oxygen atoms in total. The fraction of sp³-hybridized carbons (Fsp3) is 0.111. The normalized spacial score (nSPS) is 10.2. The molecular formula is C9H7NO3S2. The Balaban J connectivity index is 2.35. The second-order valence-electron chi connectivity index (χ2n) is 2.75. The van der Waals surface area contributed by atoms with Crippen LogP contribution in [0.25, 0.3) is 11.5 Å². The number of nitrogens with one attached hydrogen (secondary N) is 1. The van der Waals surface area contributed by atoms with E-state index in [1.54, 1.807) is 6.07 Å². The first-order valence-corrected chi connectivity index (χ1v) is 5.34. The largest absolute Gasteiger partial charge is 0.465 e. The van der Waals surface area contributed by atoms with Gasteiger partial charge in [-0.25, -0.2) is 4.79 Å². The third-order valence-corrected chi connectivity index (χ3v) is 2.87. The Labute approximate surface area is 94.5 Å². The lowest BCUT2D eigenvalue weighted by Crippen LogP contribution is -1.98. The first-order valence-electron chi connectivity index (χ1n) is 4.05. The maximum Gasteiger partial charge on any atom is 0.341 e. The Bertz CT molecular complexity index is 537. The molecule has 0 aromatic carbocycles. The number of esters is 1. The molecule has 0 unspecified atom stereocenters. The van der Waals surface area contributed by atoms with Crippen LogP contribution in [0.5, 0.6) is 0 Å². The van der Waals surface area contributed by atoms with E-state index in [-0.39, 0.29) is 0 Å². The number of furan rings is 1. The Morgan fingerprint density at radius 3 is 3.07 bits per heavy atom. The standard InChI is InChI=1S/C9H7NO3S2/c1-12-8(11)5-2-7(13-3-5)6-4-15-9(14)10-6/h2-4H,1H3,(H,10,14). The number of carbonyl (C=O) groups excluding carboxylic acids is 1. The van der Waals surface area contributed by atoms with Crippen molar-refractivity contribution in [3.8, 4) is 11.5 Å². The van der Waals surface area contributed by atoms with Crippen LogP contribution in [0.3, 0.4) is 0 Å². The smallest absolute Gasteiger partial charge is 0.341 e. The van der Waals surface area contributed by atoms with E-state index in [9.17, 15) is 4.79 Å². The highest BCUT2D eigenvalue weighted by atomic mass is 32.1. The molecule has 2 aromatic rings. The summed E-state index contributed by atoms with van der Waals surface area (Å²) in [4.78, 5) is 14.1. The summed E-state index contributed by atoms with van der Waals surface area (Å²) in [5.74, 6) is 0.154. The minimum Gasteiger partial charge on any atom is -0.465 e. The van der Waals surface area contributed by atoms with Gasteiger partial charge in [0.25, 0.3) is 0 Å². The second kappa shape index (κ2) is 4.00. The molecule has 15 heavy (non-hydrogen) atoms. The molecule has 0 aliphatic rings. The molecule has 0 saturated carbocycles. The van der Waals surface area contributed by atoms with Gasteiger partial charge in [-0.15, -0.1) is 11.3 Å². The summed E-state index contributed by atoms with van der Waals surface area (Å²) in [5, 5.41) is 1.84. The van der Waals surface area contributed by atoms with Crippen molar-refractivity contribution in [1.29, 1.82) is 0 Å². The van der Waals surface area contributed by atoms with E-state index in [0.717, 1.165) is 5.69 Å². The first-order chi connectivity index (χ1) is 7.20. The van der Waals surface area contributed by atoms with Gasteiger partial charge in [0.05, 0.1) is 18.4 Å². The SMILES string of the molecule is COC(=O)c1coc(-c2csc(=S)[nH]2)c1. The number of hydrogen-bond acceptors (Lipinski definition) is 5. The average Bonchev–Trinajstić information content (AvgIpc) is 2.84. The highest BCUT2D eigenvalue weighted by molar-refractivity contribution is 7.73. The van der Waals surface area contributed by atoms with E-state index < -0.39 is 5.97 Å². The molecule has 0 bridgehead atoms. The predicted octanol–water partition coefficient (Wildman–Crippen LogP) is 2.85. The molecule has 0 amide bonds. The molecule has 6 heteroatoms. The fourth-order valence-electron chi connectivity index (χ4n) is 1.10. The minimum atomic E-state index is -0.418. The number of rotatable bonds is 2. The Kier molecular flexibility index (Phi) is 2.70. The van der Waals surface area contributed by atoms with Crippen molar-refractivity contribution < 1.29 is 13.9 Å². The molecule has 78 valence electrons. The minimum absolute atomic E-state index is 0.387. The van der Waals surface area contributed by atoms with E-state index in [1.165, 1.54) is 24.7 Å². The molecule has 0 fully saturated rings. The van der Waals surface area contributed by atoms with Crippen molar-refractivity contribution in [3.63, 3.8) is 0 Å². The molecule has 0 aliphatic heterocycles. The lowest BCUT2D eigenvalue weighted by atomic mass is 10.3. The summed E-state index contributed by atoms with van der Waals surface area (Å²) >= 11 is 6.35. The number of H-pyrrole nitrogens is 1. The van der Waals surface area contributed by atoms with Crippen molar-refractivity contribution in [1.82, 2.24) is 4.98 Å². The van der Waals surface area contributed by atoms with E-state index in [2.05, 4.69) is 9.72 Å². The van der Waals surface area contributed by atoms with Gasteiger partial charge in [-0.05, 0) is 12.2 Å². The van der Waals surface area contributed by atoms with Crippen LogP contribution in [0, 0.1) is 3.95 Å². The average molecular weight is 241 g/mol. The van der Waals surface area contributed by atoms with E-state index >= 15 is 0 Å². The van der Waals surface area contributed by atoms with Gasteiger partial charge in [0.2, 0.25) is 0 Å². The summed E-state index contributed by atoms with van der Waals surface area (Å²) in [6, 6.07) is 1.61. The van der Waals surface area contributed by atoms with Crippen LogP contribution in [0.2, 0.25) is 0 Å². The quantitative estimate of drug-likeness (QED) is 0.649. The van der Waals surface area contributed by atoms with Crippen molar-refractivity contribution in [3.05, 3.63) is 27.2 Å². The van der Waals surface area contributed by atoms with Crippen molar-refractivity contribution in [2.24, 2.45) is 0 Å². The summed E-state index contributed by atoms with van der Waals surface area (Å²) in [6.45, 7) is 0. The van der Waals surface area contributed by atoms with Gasteiger partial charge in [0.15, 0.2) is 9.71 Å². The van der Waals surface area contributed by atoms with Gasteiger partial charge in [-0.1, -0.05) is 0 Å². The van der Waals surface area contributed by atoms with E-state index in [0.29, 0.717) is 15.3 Å². The van der Waals surface area contributed by atoms with Gasteiger partial charge in [-0.2, -0.15) is 0 Å². The second-order valence-corrected chi connectivity index (χ2v) is 4.30.